The summed E-state index contributed by atoms with van der Waals surface area (Å²) in [6, 6.07) is 22.0. The molecule has 3 heterocycles. The van der Waals surface area contributed by atoms with E-state index in [1.54, 1.807) is 12.4 Å². The highest BCUT2D eigenvalue weighted by Gasteiger charge is 2.31. The van der Waals surface area contributed by atoms with Crippen molar-refractivity contribution in [1.82, 2.24) is 14.5 Å². The summed E-state index contributed by atoms with van der Waals surface area (Å²) in [5.74, 6) is 1.51. The number of aromatic nitrogens is 3. The molecule has 1 saturated heterocycles. The summed E-state index contributed by atoms with van der Waals surface area (Å²) < 4.78 is 2.04. The number of anilines is 2. The van der Waals surface area contributed by atoms with Gasteiger partial charge < -0.3 is 14.8 Å². The van der Waals surface area contributed by atoms with E-state index in [0.717, 1.165) is 47.7 Å². The highest BCUT2D eigenvalue weighted by Crippen LogP contribution is 2.28. The maximum atomic E-state index is 13.0. The molecule has 1 fully saturated rings. The van der Waals surface area contributed by atoms with Crippen molar-refractivity contribution in [3.8, 4) is 16.8 Å². The Hall–Kier alpha value is -3.93. The van der Waals surface area contributed by atoms with Crippen molar-refractivity contribution in [3.05, 3.63) is 91.1 Å². The van der Waals surface area contributed by atoms with Gasteiger partial charge in [0.1, 0.15) is 17.7 Å². The van der Waals surface area contributed by atoms with Gasteiger partial charge in [-0.15, -0.1) is 0 Å². The van der Waals surface area contributed by atoms with Crippen LogP contribution in [0, 0.1) is 6.92 Å². The first-order valence-corrected chi connectivity index (χ1v) is 10.9. The quantitative estimate of drug-likeness (QED) is 0.498. The first-order valence-electron chi connectivity index (χ1n) is 10.9. The lowest BCUT2D eigenvalue weighted by atomic mass is 10.1. The molecule has 0 unspecified atom stereocenters. The lowest BCUT2D eigenvalue weighted by Gasteiger charge is -2.26. The van der Waals surface area contributed by atoms with E-state index >= 15 is 0 Å². The van der Waals surface area contributed by atoms with Gasteiger partial charge in [0.05, 0.1) is 0 Å². The van der Waals surface area contributed by atoms with Gasteiger partial charge in [0.25, 0.3) is 0 Å². The number of rotatable bonds is 5. The van der Waals surface area contributed by atoms with Gasteiger partial charge >= 0.3 is 0 Å². The van der Waals surface area contributed by atoms with Crippen LogP contribution >= 0.6 is 0 Å². The molecule has 2 aromatic carbocycles. The second-order valence-corrected chi connectivity index (χ2v) is 8.00. The number of benzene rings is 2. The van der Waals surface area contributed by atoms with Gasteiger partial charge in [0.15, 0.2) is 0 Å². The summed E-state index contributed by atoms with van der Waals surface area (Å²) in [7, 11) is 0. The van der Waals surface area contributed by atoms with Crippen molar-refractivity contribution in [3.63, 3.8) is 0 Å². The molecule has 1 amide bonds. The number of hydrogen-bond donors (Lipinski definition) is 1. The zero-order chi connectivity index (χ0) is 21.9. The summed E-state index contributed by atoms with van der Waals surface area (Å²) in [5, 5.41) is 3.00. The van der Waals surface area contributed by atoms with Crippen molar-refractivity contribution in [1.29, 1.82) is 0 Å². The summed E-state index contributed by atoms with van der Waals surface area (Å²) in [5.41, 5.74) is 4.25. The number of pyridine rings is 1. The van der Waals surface area contributed by atoms with E-state index in [0.29, 0.717) is 5.82 Å². The molecule has 160 valence electrons. The highest BCUT2D eigenvalue weighted by atomic mass is 16.2. The number of nitrogens with zero attached hydrogens (tertiary/aromatic N) is 4. The Bertz CT molecular complexity index is 1200. The zero-order valence-corrected chi connectivity index (χ0v) is 18.0. The van der Waals surface area contributed by atoms with Crippen LogP contribution in [-0.4, -0.2) is 33.0 Å². The number of carbonyl (C=O) groups excluding carboxylic acids is 1. The number of nitrogens with one attached hydrogen (secondary N) is 1. The van der Waals surface area contributed by atoms with Gasteiger partial charge in [-0.25, -0.2) is 9.97 Å². The summed E-state index contributed by atoms with van der Waals surface area (Å²) in [6.45, 7) is 2.84. The molecule has 0 radical (unpaired) electrons. The van der Waals surface area contributed by atoms with Crippen molar-refractivity contribution in [2.45, 2.75) is 25.8 Å². The van der Waals surface area contributed by atoms with E-state index < -0.39 is 0 Å². The van der Waals surface area contributed by atoms with Crippen LogP contribution in [-0.2, 0) is 4.79 Å². The monoisotopic (exact) mass is 423 g/mol. The SMILES string of the molecule is Cc1nccn1-c1ccc(N2CCC[C@H]2C(=O)Nc2ccc(-c3ccccc3)cn2)cc1. The fourth-order valence-corrected chi connectivity index (χ4v) is 4.28. The second-order valence-electron chi connectivity index (χ2n) is 8.00. The fourth-order valence-electron chi connectivity index (χ4n) is 4.28. The van der Waals surface area contributed by atoms with Gasteiger partial charge in [0, 0.05) is 42.1 Å². The minimum absolute atomic E-state index is 0.0167. The Balaban J connectivity index is 1.28. The standard InChI is InChI=1S/C26H25N5O/c1-19-27-15-17-30(19)22-10-12-23(13-11-22)31-16-5-8-24(31)26(32)29-25-14-9-21(18-28-25)20-6-3-2-4-7-20/h2-4,6-7,9-15,17-18,24H,5,8,16H2,1H3,(H,28,29,32)/t24-/m0/s1. The van der Waals surface area contributed by atoms with Crippen LogP contribution in [0.1, 0.15) is 18.7 Å². The van der Waals surface area contributed by atoms with Crippen LogP contribution in [0.25, 0.3) is 16.8 Å². The van der Waals surface area contributed by atoms with Crippen molar-refractivity contribution in [2.75, 3.05) is 16.8 Å². The highest BCUT2D eigenvalue weighted by molar-refractivity contribution is 5.96. The smallest absolute Gasteiger partial charge is 0.248 e. The molecular formula is C26H25N5O. The average molecular weight is 424 g/mol. The maximum Gasteiger partial charge on any atom is 0.248 e. The first kappa shape index (κ1) is 20.0. The minimum atomic E-state index is -0.202. The Morgan fingerprint density at radius 2 is 1.72 bits per heavy atom. The molecule has 32 heavy (non-hydrogen) atoms. The van der Waals surface area contributed by atoms with Crippen LogP contribution in [0.15, 0.2) is 85.3 Å². The Morgan fingerprint density at radius 3 is 2.41 bits per heavy atom. The Morgan fingerprint density at radius 1 is 0.938 bits per heavy atom. The molecule has 2 aromatic heterocycles. The molecule has 1 aliphatic rings. The van der Waals surface area contributed by atoms with E-state index in [9.17, 15) is 4.79 Å². The van der Waals surface area contributed by atoms with Crippen LogP contribution in [0.4, 0.5) is 11.5 Å². The van der Waals surface area contributed by atoms with E-state index in [4.69, 9.17) is 0 Å². The fraction of sp³-hybridized carbons (Fsp3) is 0.192. The molecule has 0 saturated carbocycles. The third-order valence-corrected chi connectivity index (χ3v) is 5.96. The van der Waals surface area contributed by atoms with Gasteiger partial charge in [-0.05, 0) is 61.7 Å². The Labute approximate surface area is 187 Å². The van der Waals surface area contributed by atoms with Crippen molar-refractivity contribution < 1.29 is 4.79 Å². The predicted molar refractivity (Wildman–Crippen MR) is 127 cm³/mol. The third-order valence-electron chi connectivity index (χ3n) is 5.96. The molecule has 1 aliphatic heterocycles. The van der Waals surface area contributed by atoms with Crippen molar-refractivity contribution >= 4 is 17.4 Å². The number of aryl methyl sites for hydroxylation is 1. The van der Waals surface area contributed by atoms with Crippen LogP contribution < -0.4 is 10.2 Å². The second kappa shape index (κ2) is 8.67. The van der Waals surface area contributed by atoms with Crippen LogP contribution in [0.3, 0.4) is 0 Å². The topological polar surface area (TPSA) is 63.1 Å². The number of carbonyl (C=O) groups is 1. The maximum absolute atomic E-state index is 13.0. The molecule has 0 aliphatic carbocycles. The molecule has 0 spiro atoms. The van der Waals surface area contributed by atoms with Crippen molar-refractivity contribution in [2.24, 2.45) is 0 Å². The summed E-state index contributed by atoms with van der Waals surface area (Å²) >= 11 is 0. The summed E-state index contributed by atoms with van der Waals surface area (Å²) in [4.78, 5) is 24.0. The molecule has 4 aromatic rings. The van der Waals surface area contributed by atoms with Crippen LogP contribution in [0.5, 0.6) is 0 Å². The zero-order valence-electron chi connectivity index (χ0n) is 18.0. The number of amides is 1. The molecule has 6 nitrogen and oxygen atoms in total. The lowest BCUT2D eigenvalue weighted by molar-refractivity contribution is -0.117. The summed E-state index contributed by atoms with van der Waals surface area (Å²) in [6.07, 6.45) is 7.36. The molecule has 0 bridgehead atoms. The first-order chi connectivity index (χ1) is 15.7. The minimum Gasteiger partial charge on any atom is -0.360 e. The molecule has 6 heteroatoms. The van der Waals surface area contributed by atoms with Crippen LogP contribution in [0.2, 0.25) is 0 Å². The average Bonchev–Trinajstić information content (AvgIpc) is 3.50. The largest absolute Gasteiger partial charge is 0.360 e. The van der Waals surface area contributed by atoms with E-state index in [1.807, 2.05) is 60.2 Å². The lowest BCUT2D eigenvalue weighted by Crippen LogP contribution is -2.39. The molecular weight excluding hydrogens is 398 g/mol. The molecule has 5 rings (SSSR count). The number of imidazole rings is 1. The Kier molecular flexibility index (Phi) is 5.42. The van der Waals surface area contributed by atoms with Gasteiger partial charge in [-0.1, -0.05) is 30.3 Å². The number of hydrogen-bond acceptors (Lipinski definition) is 4. The normalized spacial score (nSPS) is 15.7. The van der Waals surface area contributed by atoms with E-state index in [1.165, 1.54) is 0 Å². The predicted octanol–water partition coefficient (Wildman–Crippen LogP) is 4.85. The molecule has 1 atom stereocenters. The van der Waals surface area contributed by atoms with Gasteiger partial charge in [0.2, 0.25) is 5.91 Å². The van der Waals surface area contributed by atoms with E-state index in [2.05, 4.69) is 44.5 Å². The third kappa shape index (κ3) is 3.99. The van der Waals surface area contributed by atoms with E-state index in [-0.39, 0.29) is 11.9 Å². The van der Waals surface area contributed by atoms with Gasteiger partial charge in [-0.2, -0.15) is 0 Å². The van der Waals surface area contributed by atoms with Gasteiger partial charge in [-0.3, -0.25) is 4.79 Å². The molecule has 1 N–H and O–H groups in total.